The number of benzene rings is 1. The Labute approximate surface area is 296 Å². The van der Waals surface area contributed by atoms with E-state index in [0.29, 0.717) is 29.1 Å². The Morgan fingerprint density at radius 2 is 1.66 bits per heavy atom. The average Bonchev–Trinajstić information content (AvgIpc) is 3.05. The molecule has 3 rings (SSSR count). The number of hydrogen-bond donors (Lipinski definition) is 0. The van der Waals surface area contributed by atoms with Crippen molar-refractivity contribution in [1.29, 1.82) is 0 Å². The van der Waals surface area contributed by atoms with Crippen LogP contribution in [0.5, 0.6) is 0 Å². The summed E-state index contributed by atoms with van der Waals surface area (Å²) in [5.74, 6) is 0. The van der Waals surface area contributed by atoms with Crippen LogP contribution in [-0.2, 0) is 161 Å². The molecule has 13 heteroatoms. The molecule has 2 aromatic heterocycles. The van der Waals surface area contributed by atoms with Crippen molar-refractivity contribution in [2.75, 3.05) is 0 Å². The molecule has 3 radical (unpaired) electrons. The summed E-state index contributed by atoms with van der Waals surface area (Å²) in [5, 5.41) is 3.55. The molecule has 0 aliphatic heterocycles. The van der Waals surface area contributed by atoms with Gasteiger partial charge in [0.15, 0.2) is 0 Å². The SMILES string of the molecule is O=C(Cl)c1cc(-c2cnn(-c3[c-]cc([CH-]F)c[c-]3)c2)cnc1Cl.[W].[W].[W].[Y].[Y].[Y]. The van der Waals surface area contributed by atoms with Crippen molar-refractivity contribution in [2.45, 2.75) is 0 Å². The molecule has 0 N–H and O–H groups in total. The fourth-order valence-corrected chi connectivity index (χ4v) is 2.30. The van der Waals surface area contributed by atoms with E-state index < -0.39 is 5.24 Å². The summed E-state index contributed by atoms with van der Waals surface area (Å²) in [6, 6.07) is 10.3. The molecule has 0 aliphatic carbocycles. The molecule has 29 heavy (non-hydrogen) atoms. The number of pyridine rings is 1. The minimum absolute atomic E-state index is 0. The first-order chi connectivity index (χ1) is 11.1. The van der Waals surface area contributed by atoms with Gasteiger partial charge >= 0.3 is 0 Å². The first-order valence-corrected chi connectivity index (χ1v) is 7.11. The zero-order valence-electron chi connectivity index (χ0n) is 14.4. The summed E-state index contributed by atoms with van der Waals surface area (Å²) in [7, 11) is 0. The maximum absolute atomic E-state index is 12.4. The quantitative estimate of drug-likeness (QED) is 0.226. The predicted octanol–water partition coefficient (Wildman–Crippen LogP) is 4.03. The zero-order valence-corrected chi connectivity index (χ0v) is 33.2. The van der Waals surface area contributed by atoms with Crippen molar-refractivity contribution in [3.63, 3.8) is 0 Å². The summed E-state index contributed by atoms with van der Waals surface area (Å²) < 4.78 is 13.9. The van der Waals surface area contributed by atoms with Gasteiger partial charge in [-0.05, 0) is 17.7 Å². The minimum Gasteiger partial charge on any atom is -0.402 e. The van der Waals surface area contributed by atoms with E-state index in [-0.39, 0.29) is 172 Å². The van der Waals surface area contributed by atoms with Crippen LogP contribution in [0.3, 0.4) is 0 Å². The Balaban J connectivity index is -0.000000521. The van der Waals surface area contributed by atoms with E-state index in [9.17, 15) is 9.18 Å². The van der Waals surface area contributed by atoms with Crippen LogP contribution in [-0.4, -0.2) is 20.0 Å². The molecule has 0 fully saturated rings. The van der Waals surface area contributed by atoms with Crippen molar-refractivity contribution < 1.29 is 171 Å². The van der Waals surface area contributed by atoms with Crippen LogP contribution >= 0.6 is 23.2 Å². The summed E-state index contributed by atoms with van der Waals surface area (Å²) in [5.41, 5.74) is 2.36. The van der Waals surface area contributed by atoms with Crippen LogP contribution in [0.4, 0.5) is 4.39 Å². The Morgan fingerprint density at radius 3 is 2.17 bits per heavy atom. The molecule has 2 heterocycles. The molecule has 0 saturated heterocycles. The van der Waals surface area contributed by atoms with Crippen LogP contribution in [0.15, 0.2) is 36.8 Å². The number of carbonyl (C=O) groups excluding carboxylic acids is 1. The molecule has 4 nitrogen and oxygen atoms in total. The van der Waals surface area contributed by atoms with Crippen molar-refractivity contribution in [2.24, 2.45) is 0 Å². The molecule has 143 valence electrons. The largest absolute Gasteiger partial charge is 0.402 e. The minimum atomic E-state index is -0.684. The van der Waals surface area contributed by atoms with E-state index in [1.54, 1.807) is 18.5 Å². The van der Waals surface area contributed by atoms with Crippen molar-refractivity contribution in [3.8, 4) is 16.8 Å². The average molecular weight is 1170 g/mol. The van der Waals surface area contributed by atoms with Gasteiger partial charge in [-0.15, -0.1) is 6.67 Å². The summed E-state index contributed by atoms with van der Waals surface area (Å²) in [4.78, 5) is 15.3. The van der Waals surface area contributed by atoms with E-state index >= 15 is 0 Å². The van der Waals surface area contributed by atoms with Gasteiger partial charge in [-0.25, -0.2) is 10.7 Å². The van der Waals surface area contributed by atoms with Gasteiger partial charge in [-0.2, -0.15) is 5.10 Å². The number of carbonyl (C=O) groups is 1. The van der Waals surface area contributed by atoms with E-state index in [2.05, 4.69) is 22.2 Å². The van der Waals surface area contributed by atoms with Crippen molar-refractivity contribution >= 4 is 28.4 Å². The Hall–Kier alpha value is 3.01. The molecule has 3 aromatic rings. The fourth-order valence-electron chi connectivity index (χ4n) is 1.92. The van der Waals surface area contributed by atoms with Crippen LogP contribution < -0.4 is 0 Å². The van der Waals surface area contributed by atoms with Gasteiger partial charge in [0.1, 0.15) is 5.15 Å². The Kier molecular flexibility index (Phi) is 26.1. The van der Waals surface area contributed by atoms with Gasteiger partial charge in [-0.3, -0.25) is 9.48 Å². The molecular weight excluding hydrogens is 1160 g/mol. The standard InChI is InChI=1S/C16H7Cl2FN3O.3W.3Y/c17-15-14(16(18)23)5-11(7-20-15)12-8-21-22(9-12)13-3-1-10(6-19)2-4-13;;;;;;/h1-2,5-9H;;;;;;/q-3;;;;;;. The third-order valence-electron chi connectivity index (χ3n) is 3.07. The smallest absolute Gasteiger partial charge is 0.255 e. The zero-order chi connectivity index (χ0) is 16.4. The van der Waals surface area contributed by atoms with E-state index in [0.717, 1.165) is 0 Å². The molecule has 1 aromatic carbocycles. The van der Waals surface area contributed by atoms with Gasteiger partial charge in [-0.1, -0.05) is 11.6 Å². The second-order valence-electron chi connectivity index (χ2n) is 4.54. The van der Waals surface area contributed by atoms with Gasteiger partial charge < -0.3 is 34.2 Å². The third kappa shape index (κ3) is 10.9. The molecule has 0 saturated carbocycles. The number of rotatable bonds is 4. The second kappa shape index (κ2) is 19.3. The number of aromatic nitrogens is 3. The maximum Gasteiger partial charge on any atom is 0.255 e. The van der Waals surface area contributed by atoms with E-state index in [4.69, 9.17) is 23.2 Å². The Bertz CT molecular complexity index is 889. The molecule has 0 amide bonds. The monoisotopic (exact) mass is 1160 g/mol. The summed E-state index contributed by atoms with van der Waals surface area (Å²) >= 11 is 11.3. The predicted molar refractivity (Wildman–Crippen MR) is 84.2 cm³/mol. The summed E-state index contributed by atoms with van der Waals surface area (Å²) in [6.45, 7) is 0.468. The normalized spacial score (nSPS) is 8.38. The fraction of sp³-hybridized carbons (Fsp3) is 0. The topological polar surface area (TPSA) is 47.8 Å². The molecule has 0 spiro atoms. The first-order valence-electron chi connectivity index (χ1n) is 6.36. The summed E-state index contributed by atoms with van der Waals surface area (Å²) in [6.07, 6.45) is 4.81. The van der Waals surface area contributed by atoms with Crippen LogP contribution in [0.1, 0.15) is 15.9 Å². The van der Waals surface area contributed by atoms with Crippen molar-refractivity contribution in [3.05, 3.63) is 71.9 Å². The first kappa shape index (κ1) is 39.2. The number of halogens is 3. The van der Waals surface area contributed by atoms with E-state index in [1.807, 2.05) is 0 Å². The number of hydrogen-bond acceptors (Lipinski definition) is 3. The van der Waals surface area contributed by atoms with Gasteiger partial charge in [0.25, 0.3) is 5.24 Å². The van der Waals surface area contributed by atoms with Crippen LogP contribution in [0, 0.1) is 18.8 Å². The van der Waals surface area contributed by atoms with Gasteiger partial charge in [0, 0.05) is 185 Å². The molecule has 0 aliphatic rings. The second-order valence-corrected chi connectivity index (χ2v) is 5.25. The molecule has 0 unspecified atom stereocenters. The van der Waals surface area contributed by atoms with Crippen LogP contribution in [0.2, 0.25) is 5.15 Å². The van der Waals surface area contributed by atoms with Crippen molar-refractivity contribution in [1.82, 2.24) is 14.8 Å². The van der Waals surface area contributed by atoms with Gasteiger partial charge in [0.05, 0.1) is 11.8 Å². The van der Waals surface area contributed by atoms with E-state index in [1.165, 1.54) is 23.0 Å². The number of nitrogens with zero attached hydrogens (tertiary/aromatic N) is 3. The van der Waals surface area contributed by atoms with Crippen LogP contribution in [0.25, 0.3) is 16.8 Å². The maximum atomic E-state index is 12.4. The third-order valence-corrected chi connectivity index (χ3v) is 3.58. The molecule has 0 atom stereocenters. The Morgan fingerprint density at radius 1 is 1.07 bits per heavy atom. The van der Waals surface area contributed by atoms with Gasteiger partial charge in [0.2, 0.25) is 0 Å². The molecule has 0 bridgehead atoms. The molecular formula is C16H7Cl2FN3OW3Y3-3.